The van der Waals surface area contributed by atoms with Gasteiger partial charge in [-0.2, -0.15) is 0 Å². The minimum atomic E-state index is 0.0174. The van der Waals surface area contributed by atoms with Gasteiger partial charge >= 0.3 is 0 Å². The molecule has 1 heterocycles. The molecule has 1 N–H and O–H groups in total. The Balaban J connectivity index is 0.000000548. The zero-order chi connectivity index (χ0) is 28.7. The summed E-state index contributed by atoms with van der Waals surface area (Å²) in [5, 5.41) is 9.37. The highest BCUT2D eigenvalue weighted by atomic mass is 16.3. The van der Waals surface area contributed by atoms with Crippen LogP contribution in [0.3, 0.4) is 0 Å². The third kappa shape index (κ3) is 9.72. The minimum Gasteiger partial charge on any atom is -0.393 e. The number of rotatable bonds is 7. The summed E-state index contributed by atoms with van der Waals surface area (Å²) in [6.45, 7) is 16.3. The fourth-order valence-electron chi connectivity index (χ4n) is 4.76. The van der Waals surface area contributed by atoms with Gasteiger partial charge in [-0.05, 0) is 73.9 Å². The molecule has 0 aliphatic heterocycles. The van der Waals surface area contributed by atoms with Crippen LogP contribution in [0.2, 0.25) is 0 Å². The molecule has 1 fully saturated rings. The van der Waals surface area contributed by atoms with E-state index in [1.54, 1.807) is 7.05 Å². The molecule has 38 heavy (non-hydrogen) atoms. The van der Waals surface area contributed by atoms with Crippen molar-refractivity contribution in [2.24, 2.45) is 10.9 Å². The van der Waals surface area contributed by atoms with Gasteiger partial charge in [0.15, 0.2) is 0 Å². The predicted molar refractivity (Wildman–Crippen MR) is 169 cm³/mol. The largest absolute Gasteiger partial charge is 0.393 e. The highest BCUT2D eigenvalue weighted by molar-refractivity contribution is 6.10. The van der Waals surface area contributed by atoms with Gasteiger partial charge in [0.25, 0.3) is 0 Å². The van der Waals surface area contributed by atoms with E-state index in [0.29, 0.717) is 5.92 Å². The second-order valence-electron chi connectivity index (χ2n) is 9.77. The zero-order valence-electron chi connectivity index (χ0n) is 25.4. The van der Waals surface area contributed by atoms with Gasteiger partial charge < -0.3 is 10.0 Å². The maximum absolute atomic E-state index is 9.37. The van der Waals surface area contributed by atoms with Crippen LogP contribution in [0.5, 0.6) is 0 Å². The zero-order valence-corrected chi connectivity index (χ0v) is 25.4. The molecule has 4 heteroatoms. The van der Waals surface area contributed by atoms with Gasteiger partial charge in [-0.25, -0.2) is 0 Å². The van der Waals surface area contributed by atoms with E-state index in [4.69, 9.17) is 4.98 Å². The summed E-state index contributed by atoms with van der Waals surface area (Å²) in [6.07, 6.45) is 13.9. The number of hydrogen-bond acceptors (Lipinski definition) is 4. The number of hydrogen-bond donors (Lipinski definition) is 1. The van der Waals surface area contributed by atoms with E-state index < -0.39 is 0 Å². The molecule has 1 aromatic carbocycles. The van der Waals surface area contributed by atoms with Crippen LogP contribution in [-0.4, -0.2) is 48.5 Å². The fourth-order valence-corrected chi connectivity index (χ4v) is 4.76. The van der Waals surface area contributed by atoms with Crippen molar-refractivity contribution in [3.63, 3.8) is 0 Å². The molecule has 0 bridgehead atoms. The van der Waals surface area contributed by atoms with Crippen LogP contribution in [-0.2, 0) is 0 Å². The van der Waals surface area contributed by atoms with Crippen LogP contribution in [0, 0.1) is 19.8 Å². The third-order valence-electron chi connectivity index (χ3n) is 6.77. The molecule has 2 unspecified atom stereocenters. The Hall–Kier alpha value is -2.98. The van der Waals surface area contributed by atoms with E-state index in [2.05, 4.69) is 75.0 Å². The Morgan fingerprint density at radius 3 is 2.34 bits per heavy atom. The number of aliphatic hydroxyl groups is 1. The summed E-state index contributed by atoms with van der Waals surface area (Å²) in [6, 6.07) is 10.7. The molecule has 4 nitrogen and oxygen atoms in total. The maximum atomic E-state index is 9.37. The highest BCUT2D eigenvalue weighted by Crippen LogP contribution is 2.29. The van der Waals surface area contributed by atoms with Gasteiger partial charge in [0.1, 0.15) is 0 Å². The summed E-state index contributed by atoms with van der Waals surface area (Å²) in [7, 11) is 5.82. The van der Waals surface area contributed by atoms with Crippen molar-refractivity contribution >= 4 is 17.4 Å². The number of aromatic nitrogens is 1. The molecule has 2 atom stereocenters. The number of nitrogens with zero attached hydrogens (tertiary/aromatic N) is 3. The van der Waals surface area contributed by atoms with Crippen molar-refractivity contribution in [1.82, 2.24) is 9.88 Å². The first kappa shape index (κ1) is 33.0. The summed E-state index contributed by atoms with van der Waals surface area (Å²) in [4.78, 5) is 11.1. The lowest BCUT2D eigenvalue weighted by atomic mass is 9.85. The monoisotopic (exact) mass is 517 g/mol. The van der Waals surface area contributed by atoms with E-state index in [0.717, 1.165) is 57.6 Å². The average molecular weight is 518 g/mol. The van der Waals surface area contributed by atoms with Crippen molar-refractivity contribution < 1.29 is 5.11 Å². The molecule has 3 rings (SSSR count). The number of benzene rings is 1. The van der Waals surface area contributed by atoms with E-state index in [9.17, 15) is 5.11 Å². The van der Waals surface area contributed by atoms with Crippen LogP contribution in [0.4, 0.5) is 0 Å². The number of pyridine rings is 1. The molecular weight excluding hydrogens is 466 g/mol. The van der Waals surface area contributed by atoms with Gasteiger partial charge in [-0.3, -0.25) is 9.98 Å². The first-order valence-corrected chi connectivity index (χ1v) is 14.1. The topological polar surface area (TPSA) is 48.7 Å². The standard InChI is InChI=1S/C24H29N3.C8H16O.C2H6/c1-8-19(15-25-5)23-13-17(3)24(26-18(23)4)22-12-10-11-21(14-22)20(9-2)16-27(6)7;1-2-7-5-3-4-6-8(7)9;1-2/h8-16H,2H2,1,3-7H3;7-9H,2-6H2,1H3;1-2H3/b19-8+,20-16+,25-15?;;. The molecule has 0 radical (unpaired) electrons. The second-order valence-corrected chi connectivity index (χ2v) is 9.77. The SMILES string of the molecule is C=C/C(=C\N(C)C)c1cccc(-c2nc(C)c(/C(C=NC)=C/C)cc2C)c1.CC.CCC1CCCCC1O. The number of allylic oxidation sites excluding steroid dienone is 4. The second kappa shape index (κ2) is 17.5. The van der Waals surface area contributed by atoms with Crippen molar-refractivity contribution in [3.05, 3.63) is 77.6 Å². The first-order valence-electron chi connectivity index (χ1n) is 14.1. The van der Waals surface area contributed by atoms with Crippen LogP contribution in [0.25, 0.3) is 22.4 Å². The summed E-state index contributed by atoms with van der Waals surface area (Å²) in [5.74, 6) is 0.610. The number of aliphatic imine (C=N–C) groups is 1. The molecule has 208 valence electrons. The number of aliphatic hydroxyl groups excluding tert-OH is 1. The van der Waals surface area contributed by atoms with Crippen molar-refractivity contribution in [3.8, 4) is 11.3 Å². The third-order valence-corrected chi connectivity index (χ3v) is 6.77. The molecule has 1 aliphatic carbocycles. The van der Waals surface area contributed by atoms with E-state index in [1.165, 1.54) is 19.3 Å². The van der Waals surface area contributed by atoms with Crippen molar-refractivity contribution in [2.45, 2.75) is 79.8 Å². The summed E-state index contributed by atoms with van der Waals surface area (Å²) >= 11 is 0. The van der Waals surface area contributed by atoms with Crippen molar-refractivity contribution in [1.29, 1.82) is 0 Å². The Bertz CT molecular complexity index is 1090. The molecule has 1 aliphatic rings. The average Bonchev–Trinajstić information content (AvgIpc) is 2.93. The fraction of sp³-hybridized carbons (Fsp3) is 0.471. The molecule has 0 spiro atoms. The van der Waals surface area contributed by atoms with E-state index >= 15 is 0 Å². The first-order chi connectivity index (χ1) is 18.2. The van der Waals surface area contributed by atoms with E-state index in [1.807, 2.05) is 52.1 Å². The molecule has 0 saturated heterocycles. The lowest BCUT2D eigenvalue weighted by Gasteiger charge is -2.25. The Kier molecular flexibility index (Phi) is 15.2. The van der Waals surface area contributed by atoms with Crippen molar-refractivity contribution in [2.75, 3.05) is 21.1 Å². The predicted octanol–water partition coefficient (Wildman–Crippen LogP) is 8.53. The van der Waals surface area contributed by atoms with Crippen LogP contribution in [0.15, 0.2) is 60.3 Å². The minimum absolute atomic E-state index is 0.0174. The molecular formula is C34H51N3O. The quantitative estimate of drug-likeness (QED) is 0.296. The molecule has 2 aromatic rings. The van der Waals surface area contributed by atoms with Gasteiger partial charge in [0.05, 0.1) is 11.8 Å². The Morgan fingerprint density at radius 1 is 1.13 bits per heavy atom. The van der Waals surface area contributed by atoms with Gasteiger partial charge in [0.2, 0.25) is 0 Å². The molecule has 0 amide bonds. The highest BCUT2D eigenvalue weighted by Gasteiger charge is 2.20. The molecule has 1 aromatic heterocycles. The van der Waals surface area contributed by atoms with Crippen LogP contribution < -0.4 is 0 Å². The van der Waals surface area contributed by atoms with Gasteiger partial charge in [-0.1, -0.05) is 77.0 Å². The smallest absolute Gasteiger partial charge is 0.0734 e. The normalized spacial score (nSPS) is 17.7. The van der Waals surface area contributed by atoms with Crippen LogP contribution >= 0.6 is 0 Å². The lowest BCUT2D eigenvalue weighted by Crippen LogP contribution is -2.23. The summed E-state index contributed by atoms with van der Waals surface area (Å²) in [5.41, 5.74) is 8.70. The van der Waals surface area contributed by atoms with E-state index in [-0.39, 0.29) is 6.10 Å². The molecule has 1 saturated carbocycles. The maximum Gasteiger partial charge on any atom is 0.0734 e. The van der Waals surface area contributed by atoms with Crippen LogP contribution in [0.1, 0.15) is 82.2 Å². The van der Waals surface area contributed by atoms with Gasteiger partial charge in [0, 0.05) is 50.4 Å². The Morgan fingerprint density at radius 2 is 1.82 bits per heavy atom. The lowest BCUT2D eigenvalue weighted by molar-refractivity contribution is 0.0680. The number of aryl methyl sites for hydroxylation is 2. The van der Waals surface area contributed by atoms with Gasteiger partial charge in [-0.15, -0.1) is 0 Å². The summed E-state index contributed by atoms with van der Waals surface area (Å²) < 4.78 is 0. The Labute approximate surface area is 232 Å².